The Bertz CT molecular complexity index is 671. The summed E-state index contributed by atoms with van der Waals surface area (Å²) in [6.07, 6.45) is 7.01. The fourth-order valence-corrected chi connectivity index (χ4v) is 4.04. The van der Waals surface area contributed by atoms with E-state index in [2.05, 4.69) is 10.3 Å². The Kier molecular flexibility index (Phi) is 6.05. The average Bonchev–Trinajstić information content (AvgIpc) is 3.46. The zero-order valence-corrected chi connectivity index (χ0v) is 15.2. The predicted octanol–water partition coefficient (Wildman–Crippen LogP) is 1.39. The van der Waals surface area contributed by atoms with E-state index in [9.17, 15) is 9.59 Å². The van der Waals surface area contributed by atoms with Gasteiger partial charge in [0.1, 0.15) is 0 Å². The first-order valence-corrected chi connectivity index (χ1v) is 9.25. The Balaban J connectivity index is 0.000000659. The molecule has 3 aliphatic rings. The molecule has 3 fully saturated rings. The molecule has 8 heteroatoms. The Morgan fingerprint density at radius 1 is 1.33 bits per heavy atom. The summed E-state index contributed by atoms with van der Waals surface area (Å²) < 4.78 is 5.51. The van der Waals surface area contributed by atoms with Gasteiger partial charge in [0.05, 0.1) is 17.8 Å². The molecule has 27 heavy (non-hydrogen) atoms. The number of carbonyl (C=O) groups is 3. The second-order valence-corrected chi connectivity index (χ2v) is 7.36. The summed E-state index contributed by atoms with van der Waals surface area (Å²) in [7, 11) is 0. The van der Waals surface area contributed by atoms with Crippen LogP contribution in [0.15, 0.2) is 24.5 Å². The van der Waals surface area contributed by atoms with E-state index in [0.29, 0.717) is 32.0 Å². The fraction of sp³-hybridized carbons (Fsp3) is 0.579. The number of nitrogens with zero attached hydrogens (tertiary/aromatic N) is 2. The highest BCUT2D eigenvalue weighted by Crippen LogP contribution is 2.46. The SMILES string of the molecule is O=C(Nc1cccnc1)C1CN(C(=O)C2CC2)CC12CCOCC2.O=CO. The van der Waals surface area contributed by atoms with Crippen LogP contribution in [0, 0.1) is 17.3 Å². The normalized spacial score (nSPS) is 23.3. The lowest BCUT2D eigenvalue weighted by Crippen LogP contribution is -2.42. The maximum absolute atomic E-state index is 12.9. The topological polar surface area (TPSA) is 109 Å². The minimum atomic E-state index is -0.250. The van der Waals surface area contributed by atoms with Gasteiger partial charge >= 0.3 is 0 Å². The van der Waals surface area contributed by atoms with Crippen molar-refractivity contribution in [2.24, 2.45) is 17.3 Å². The summed E-state index contributed by atoms with van der Waals surface area (Å²) in [6, 6.07) is 3.64. The van der Waals surface area contributed by atoms with Crippen LogP contribution in [0.2, 0.25) is 0 Å². The average molecular weight is 375 g/mol. The van der Waals surface area contributed by atoms with Crippen LogP contribution >= 0.6 is 0 Å². The highest BCUT2D eigenvalue weighted by Gasteiger charge is 2.53. The number of carboxylic acid groups (broad SMARTS) is 1. The molecule has 0 radical (unpaired) electrons. The van der Waals surface area contributed by atoms with Gasteiger partial charge in [-0.25, -0.2) is 0 Å². The van der Waals surface area contributed by atoms with Gasteiger partial charge in [-0.3, -0.25) is 19.4 Å². The van der Waals surface area contributed by atoms with Crippen molar-refractivity contribution in [2.45, 2.75) is 25.7 Å². The third-order valence-corrected chi connectivity index (χ3v) is 5.62. The van der Waals surface area contributed by atoms with Gasteiger partial charge in [-0.05, 0) is 37.8 Å². The lowest BCUT2D eigenvalue weighted by Gasteiger charge is -2.37. The van der Waals surface area contributed by atoms with Gasteiger partial charge in [-0.2, -0.15) is 0 Å². The minimum absolute atomic E-state index is 0.00371. The van der Waals surface area contributed by atoms with E-state index in [4.69, 9.17) is 14.6 Å². The molecule has 1 aromatic rings. The minimum Gasteiger partial charge on any atom is -0.483 e. The first-order chi connectivity index (χ1) is 13.1. The Morgan fingerprint density at radius 3 is 2.63 bits per heavy atom. The van der Waals surface area contributed by atoms with Gasteiger partial charge in [-0.15, -0.1) is 0 Å². The van der Waals surface area contributed by atoms with Gasteiger partial charge in [-0.1, -0.05) is 0 Å². The van der Waals surface area contributed by atoms with Gasteiger partial charge in [0.25, 0.3) is 6.47 Å². The highest BCUT2D eigenvalue weighted by atomic mass is 16.5. The summed E-state index contributed by atoms with van der Waals surface area (Å²) in [5.74, 6) is 0.250. The number of hydrogen-bond acceptors (Lipinski definition) is 5. The highest BCUT2D eigenvalue weighted by molar-refractivity contribution is 5.94. The number of rotatable bonds is 3. The molecule has 4 rings (SSSR count). The summed E-state index contributed by atoms with van der Waals surface area (Å²) >= 11 is 0. The smallest absolute Gasteiger partial charge is 0.290 e. The summed E-state index contributed by atoms with van der Waals surface area (Å²) in [6.45, 7) is 2.31. The number of aromatic nitrogens is 1. The molecule has 2 aliphatic heterocycles. The lowest BCUT2D eigenvalue weighted by molar-refractivity contribution is -0.132. The van der Waals surface area contributed by atoms with E-state index in [1.165, 1.54) is 0 Å². The molecule has 1 aromatic heterocycles. The van der Waals surface area contributed by atoms with Crippen molar-refractivity contribution in [3.05, 3.63) is 24.5 Å². The van der Waals surface area contributed by atoms with Crippen LogP contribution in [0.3, 0.4) is 0 Å². The number of pyridine rings is 1. The zero-order valence-electron chi connectivity index (χ0n) is 15.2. The third kappa shape index (κ3) is 4.44. The van der Waals surface area contributed by atoms with Gasteiger partial charge in [0.15, 0.2) is 0 Å². The zero-order chi connectivity index (χ0) is 19.3. The number of hydrogen-bond donors (Lipinski definition) is 2. The molecule has 1 atom stereocenters. The summed E-state index contributed by atoms with van der Waals surface area (Å²) in [5.41, 5.74) is 0.562. The Labute approximate surface area is 157 Å². The molecule has 146 valence electrons. The molecule has 0 bridgehead atoms. The lowest BCUT2D eigenvalue weighted by atomic mass is 9.71. The maximum atomic E-state index is 12.9. The molecule has 3 heterocycles. The largest absolute Gasteiger partial charge is 0.483 e. The van der Waals surface area contributed by atoms with E-state index < -0.39 is 0 Å². The number of carbonyl (C=O) groups excluding carboxylic acids is 2. The molecule has 0 aromatic carbocycles. The first kappa shape index (κ1) is 19.3. The molecule has 1 spiro atoms. The second-order valence-electron chi connectivity index (χ2n) is 7.36. The molecule has 2 N–H and O–H groups in total. The number of ether oxygens (including phenoxy) is 1. The quantitative estimate of drug-likeness (QED) is 0.773. The van der Waals surface area contributed by atoms with Crippen molar-refractivity contribution in [1.82, 2.24) is 9.88 Å². The van der Waals surface area contributed by atoms with Crippen LogP contribution in [-0.2, 0) is 19.1 Å². The molecule has 1 unspecified atom stereocenters. The summed E-state index contributed by atoms with van der Waals surface area (Å²) in [4.78, 5) is 39.8. The Hall–Kier alpha value is -2.48. The third-order valence-electron chi connectivity index (χ3n) is 5.62. The fourth-order valence-electron chi connectivity index (χ4n) is 4.04. The number of likely N-dealkylation sites (tertiary alicyclic amines) is 1. The van der Waals surface area contributed by atoms with E-state index in [1.807, 2.05) is 11.0 Å². The maximum Gasteiger partial charge on any atom is 0.290 e. The van der Waals surface area contributed by atoms with Crippen LogP contribution < -0.4 is 5.32 Å². The first-order valence-electron chi connectivity index (χ1n) is 9.25. The van der Waals surface area contributed by atoms with Crippen LogP contribution in [0.5, 0.6) is 0 Å². The molecule has 2 amide bonds. The van der Waals surface area contributed by atoms with Crippen LogP contribution in [0.4, 0.5) is 5.69 Å². The standard InChI is InChI=1S/C18H23N3O3.CH2O2/c22-16(20-14-2-1-7-19-10-14)15-11-21(17(23)13-3-4-13)12-18(15)5-8-24-9-6-18;2-1-3/h1-2,7,10,13,15H,3-6,8-9,11-12H2,(H,20,22);1H,(H,2,3). The molecular weight excluding hydrogens is 350 g/mol. The number of nitrogens with one attached hydrogen (secondary N) is 1. The summed E-state index contributed by atoms with van der Waals surface area (Å²) in [5, 5.41) is 9.87. The monoisotopic (exact) mass is 375 g/mol. The Morgan fingerprint density at radius 2 is 2.04 bits per heavy atom. The van der Waals surface area contributed by atoms with E-state index >= 15 is 0 Å². The van der Waals surface area contributed by atoms with Crippen molar-refractivity contribution in [2.75, 3.05) is 31.6 Å². The van der Waals surface area contributed by atoms with Gasteiger partial charge in [0.2, 0.25) is 11.8 Å². The van der Waals surface area contributed by atoms with Crippen LogP contribution in [0.1, 0.15) is 25.7 Å². The van der Waals surface area contributed by atoms with Crippen LogP contribution in [0.25, 0.3) is 0 Å². The van der Waals surface area contributed by atoms with E-state index in [-0.39, 0.29) is 35.5 Å². The molecule has 1 aliphatic carbocycles. The molecule has 8 nitrogen and oxygen atoms in total. The number of anilines is 1. The van der Waals surface area contributed by atoms with Crippen LogP contribution in [-0.4, -0.2) is 59.6 Å². The number of amides is 2. The molecular formula is C19H25N3O5. The van der Waals surface area contributed by atoms with Crippen molar-refractivity contribution in [3.63, 3.8) is 0 Å². The van der Waals surface area contributed by atoms with Crippen molar-refractivity contribution < 1.29 is 24.2 Å². The van der Waals surface area contributed by atoms with E-state index in [1.54, 1.807) is 18.5 Å². The van der Waals surface area contributed by atoms with Crippen molar-refractivity contribution >= 4 is 24.0 Å². The van der Waals surface area contributed by atoms with Crippen molar-refractivity contribution in [1.29, 1.82) is 0 Å². The van der Waals surface area contributed by atoms with E-state index in [0.717, 1.165) is 25.7 Å². The van der Waals surface area contributed by atoms with Gasteiger partial charge in [0, 0.05) is 43.8 Å². The van der Waals surface area contributed by atoms with Gasteiger partial charge < -0.3 is 20.1 Å². The second kappa shape index (κ2) is 8.47. The predicted molar refractivity (Wildman–Crippen MR) is 96.8 cm³/mol. The van der Waals surface area contributed by atoms with Crippen molar-refractivity contribution in [3.8, 4) is 0 Å². The molecule has 2 saturated heterocycles. The molecule has 1 saturated carbocycles.